The maximum absolute atomic E-state index is 10.4. The fraction of sp³-hybridized carbons (Fsp3) is 0.364. The highest BCUT2D eigenvalue weighted by Crippen LogP contribution is 2.30. The molecule has 0 bridgehead atoms. The van der Waals surface area contributed by atoms with E-state index in [9.17, 15) is 9.90 Å². The summed E-state index contributed by atoms with van der Waals surface area (Å²) >= 11 is 0. The van der Waals surface area contributed by atoms with Gasteiger partial charge in [0.25, 0.3) is 0 Å². The van der Waals surface area contributed by atoms with Crippen molar-refractivity contribution in [2.75, 3.05) is 7.11 Å². The molecule has 0 fully saturated rings. The molecule has 1 atom stereocenters. The Morgan fingerprint density at radius 2 is 2.25 bits per heavy atom. The number of carboxylic acids is 1. The van der Waals surface area contributed by atoms with Crippen molar-refractivity contribution in [2.24, 2.45) is 5.73 Å². The number of para-hydroxylation sites is 1. The van der Waals surface area contributed by atoms with Crippen molar-refractivity contribution in [2.45, 2.75) is 18.9 Å². The van der Waals surface area contributed by atoms with Gasteiger partial charge in [-0.3, -0.25) is 4.79 Å². The lowest BCUT2D eigenvalue weighted by Gasteiger charge is -2.12. The van der Waals surface area contributed by atoms with Crippen LogP contribution in [-0.2, 0) is 11.2 Å². The lowest BCUT2D eigenvalue weighted by molar-refractivity contribution is -0.137. The summed E-state index contributed by atoms with van der Waals surface area (Å²) in [6.45, 7) is 0. The van der Waals surface area contributed by atoms with Gasteiger partial charge in [0.05, 0.1) is 13.5 Å². The van der Waals surface area contributed by atoms with Crippen molar-refractivity contribution in [3.8, 4) is 11.5 Å². The zero-order chi connectivity index (χ0) is 12.1. The number of rotatable bonds is 5. The van der Waals surface area contributed by atoms with Gasteiger partial charge in [0.15, 0.2) is 11.5 Å². The Morgan fingerprint density at radius 3 is 2.81 bits per heavy atom. The number of aromatic hydroxyl groups is 1. The van der Waals surface area contributed by atoms with Gasteiger partial charge in [0.2, 0.25) is 0 Å². The van der Waals surface area contributed by atoms with Gasteiger partial charge in [0.1, 0.15) is 0 Å². The molecular formula is C11H15NO4. The minimum Gasteiger partial charge on any atom is -0.504 e. The van der Waals surface area contributed by atoms with Crippen LogP contribution in [-0.4, -0.2) is 29.3 Å². The summed E-state index contributed by atoms with van der Waals surface area (Å²) in [6.07, 6.45) is 0.173. The third-order valence-corrected chi connectivity index (χ3v) is 2.22. The van der Waals surface area contributed by atoms with Crippen LogP contribution in [0.25, 0.3) is 0 Å². The average Bonchev–Trinajstić information content (AvgIpc) is 2.20. The summed E-state index contributed by atoms with van der Waals surface area (Å²) in [5.41, 5.74) is 6.23. The first-order valence-corrected chi connectivity index (χ1v) is 4.86. The zero-order valence-corrected chi connectivity index (χ0v) is 9.01. The minimum atomic E-state index is -0.949. The molecule has 0 aliphatic rings. The molecule has 1 rings (SSSR count). The minimum absolute atomic E-state index is 0.0193. The molecule has 0 saturated carbocycles. The van der Waals surface area contributed by atoms with Crippen molar-refractivity contribution >= 4 is 5.97 Å². The summed E-state index contributed by atoms with van der Waals surface area (Å²) in [6, 6.07) is 4.53. The molecule has 0 aromatic heterocycles. The van der Waals surface area contributed by atoms with Crippen molar-refractivity contribution < 1.29 is 19.7 Å². The normalized spacial score (nSPS) is 12.1. The second kappa shape index (κ2) is 5.37. The van der Waals surface area contributed by atoms with Gasteiger partial charge in [-0.1, -0.05) is 12.1 Å². The molecule has 1 aromatic rings. The molecule has 5 nitrogen and oxygen atoms in total. The lowest BCUT2D eigenvalue weighted by atomic mass is 10.0. The third-order valence-electron chi connectivity index (χ3n) is 2.22. The van der Waals surface area contributed by atoms with Crippen LogP contribution in [0.1, 0.15) is 12.0 Å². The van der Waals surface area contributed by atoms with Gasteiger partial charge in [-0.15, -0.1) is 0 Å². The topological polar surface area (TPSA) is 92.8 Å². The monoisotopic (exact) mass is 225 g/mol. The van der Waals surface area contributed by atoms with E-state index in [-0.39, 0.29) is 12.2 Å². The Morgan fingerprint density at radius 1 is 1.56 bits per heavy atom. The fourth-order valence-corrected chi connectivity index (χ4v) is 1.48. The summed E-state index contributed by atoms with van der Waals surface area (Å²) in [4.78, 5) is 10.4. The third kappa shape index (κ3) is 3.13. The first-order chi connectivity index (χ1) is 7.54. The number of methoxy groups -OCH3 is 1. The number of ether oxygens (including phenoxy) is 1. The Labute approximate surface area is 93.5 Å². The second-order valence-corrected chi connectivity index (χ2v) is 3.53. The zero-order valence-electron chi connectivity index (χ0n) is 9.01. The largest absolute Gasteiger partial charge is 0.504 e. The average molecular weight is 225 g/mol. The van der Waals surface area contributed by atoms with Crippen LogP contribution in [0.15, 0.2) is 18.2 Å². The van der Waals surface area contributed by atoms with E-state index in [4.69, 9.17) is 15.6 Å². The molecule has 1 unspecified atom stereocenters. The summed E-state index contributed by atoms with van der Waals surface area (Å²) in [5, 5.41) is 18.3. The Bertz CT molecular complexity index is 378. The number of carboxylic acid groups (broad SMARTS) is 1. The standard InChI is InChI=1S/C11H15NO4/c1-16-9-4-2-3-7(11(9)15)5-8(12)6-10(13)14/h2-4,8,15H,5-6,12H2,1H3,(H,13,14). The van der Waals surface area contributed by atoms with Crippen LogP contribution < -0.4 is 10.5 Å². The molecular weight excluding hydrogens is 210 g/mol. The maximum Gasteiger partial charge on any atom is 0.304 e. The molecule has 0 aliphatic carbocycles. The van der Waals surface area contributed by atoms with Gasteiger partial charge in [0, 0.05) is 6.04 Å². The van der Waals surface area contributed by atoms with Gasteiger partial charge in [-0.25, -0.2) is 0 Å². The predicted octanol–water partition coefficient (Wildman–Crippen LogP) is 0.745. The number of benzene rings is 1. The predicted molar refractivity (Wildman–Crippen MR) is 58.6 cm³/mol. The lowest BCUT2D eigenvalue weighted by Crippen LogP contribution is -2.26. The first-order valence-electron chi connectivity index (χ1n) is 4.86. The van der Waals surface area contributed by atoms with Crippen LogP contribution >= 0.6 is 0 Å². The molecule has 0 saturated heterocycles. The highest BCUT2D eigenvalue weighted by Gasteiger charge is 2.13. The van der Waals surface area contributed by atoms with E-state index < -0.39 is 12.0 Å². The van der Waals surface area contributed by atoms with Crippen LogP contribution in [0, 0.1) is 0 Å². The Balaban J connectivity index is 2.77. The SMILES string of the molecule is COc1cccc(CC(N)CC(=O)O)c1O. The Kier molecular flexibility index (Phi) is 4.13. The fourth-order valence-electron chi connectivity index (χ4n) is 1.48. The van der Waals surface area contributed by atoms with Crippen molar-refractivity contribution in [1.29, 1.82) is 0 Å². The molecule has 1 aromatic carbocycles. The molecule has 0 heterocycles. The van der Waals surface area contributed by atoms with E-state index in [0.29, 0.717) is 17.7 Å². The van der Waals surface area contributed by atoms with E-state index in [2.05, 4.69) is 0 Å². The molecule has 5 heteroatoms. The van der Waals surface area contributed by atoms with E-state index in [1.165, 1.54) is 7.11 Å². The van der Waals surface area contributed by atoms with Crippen LogP contribution in [0.4, 0.5) is 0 Å². The number of aliphatic carboxylic acids is 1. The highest BCUT2D eigenvalue weighted by molar-refractivity contribution is 5.67. The van der Waals surface area contributed by atoms with Crippen LogP contribution in [0.3, 0.4) is 0 Å². The summed E-state index contributed by atoms with van der Waals surface area (Å²) in [7, 11) is 1.45. The van der Waals surface area contributed by atoms with Gasteiger partial charge >= 0.3 is 5.97 Å². The molecule has 0 aliphatic heterocycles. The molecule has 16 heavy (non-hydrogen) atoms. The number of carbonyl (C=O) groups is 1. The quantitative estimate of drug-likeness (QED) is 0.687. The van der Waals surface area contributed by atoms with Crippen LogP contribution in [0.2, 0.25) is 0 Å². The van der Waals surface area contributed by atoms with Crippen molar-refractivity contribution in [3.63, 3.8) is 0 Å². The molecule has 0 radical (unpaired) electrons. The first kappa shape index (κ1) is 12.3. The van der Waals surface area contributed by atoms with E-state index in [0.717, 1.165) is 0 Å². The van der Waals surface area contributed by atoms with E-state index >= 15 is 0 Å². The molecule has 0 spiro atoms. The smallest absolute Gasteiger partial charge is 0.304 e. The number of hydrogen-bond acceptors (Lipinski definition) is 4. The second-order valence-electron chi connectivity index (χ2n) is 3.53. The van der Waals surface area contributed by atoms with E-state index in [1.54, 1.807) is 18.2 Å². The van der Waals surface area contributed by atoms with Gasteiger partial charge in [-0.05, 0) is 18.1 Å². The molecule has 88 valence electrons. The summed E-state index contributed by atoms with van der Waals surface area (Å²) in [5.74, 6) is -0.569. The molecule has 4 N–H and O–H groups in total. The van der Waals surface area contributed by atoms with Gasteiger partial charge in [-0.2, -0.15) is 0 Å². The van der Waals surface area contributed by atoms with Crippen molar-refractivity contribution in [1.82, 2.24) is 0 Å². The number of phenols is 1. The highest BCUT2D eigenvalue weighted by atomic mass is 16.5. The number of phenolic OH excluding ortho intramolecular Hbond substituents is 1. The number of nitrogens with two attached hydrogens (primary N) is 1. The molecule has 0 amide bonds. The maximum atomic E-state index is 10.4. The van der Waals surface area contributed by atoms with Gasteiger partial charge < -0.3 is 20.7 Å². The number of hydrogen-bond donors (Lipinski definition) is 3. The van der Waals surface area contributed by atoms with E-state index in [1.807, 2.05) is 0 Å². The summed E-state index contributed by atoms with van der Waals surface area (Å²) < 4.78 is 4.94. The van der Waals surface area contributed by atoms with Crippen molar-refractivity contribution in [3.05, 3.63) is 23.8 Å². The Hall–Kier alpha value is -1.75. The van der Waals surface area contributed by atoms with Crippen LogP contribution in [0.5, 0.6) is 11.5 Å².